The molecule has 6 nitrogen and oxygen atoms in total. The molecule has 3 atom stereocenters. The Morgan fingerprint density at radius 1 is 1.12 bits per heavy atom. The van der Waals surface area contributed by atoms with Gasteiger partial charge < -0.3 is 20.2 Å². The fraction of sp³-hybridized carbons (Fsp3) is 0.680. The van der Waals surface area contributed by atoms with Crippen molar-refractivity contribution in [1.29, 1.82) is 0 Å². The Balaban J connectivity index is 5.00. The third-order valence-corrected chi connectivity index (χ3v) is 11.2. The van der Waals surface area contributed by atoms with Crippen molar-refractivity contribution in [3.8, 4) is 11.5 Å². The molecule has 0 saturated heterocycles. The highest BCUT2D eigenvalue weighted by Crippen LogP contribution is 2.36. The first-order valence-electron chi connectivity index (χ1n) is 11.6. The van der Waals surface area contributed by atoms with E-state index in [-0.39, 0.29) is 23.5 Å². The lowest BCUT2D eigenvalue weighted by molar-refractivity contribution is -0.126. The summed E-state index contributed by atoms with van der Waals surface area (Å²) in [5, 5.41) is 15.9. The maximum absolute atomic E-state index is 12.6. The van der Waals surface area contributed by atoms with Crippen LogP contribution in [-0.2, 0) is 14.0 Å². The molecule has 0 aliphatic carbocycles. The Morgan fingerprint density at radius 2 is 1.70 bits per heavy atom. The summed E-state index contributed by atoms with van der Waals surface area (Å²) in [5.41, 5.74) is 5.05. The first-order valence-corrected chi connectivity index (χ1v) is 18.0. The summed E-state index contributed by atoms with van der Waals surface area (Å²) in [6.45, 7) is 23.3. The summed E-state index contributed by atoms with van der Waals surface area (Å²) >= 11 is 0. The van der Waals surface area contributed by atoms with Crippen molar-refractivity contribution in [1.82, 2.24) is 10.6 Å². The molecule has 0 unspecified atom stereocenters. The van der Waals surface area contributed by atoms with Crippen LogP contribution in [0.25, 0.3) is 0 Å². The SMILES string of the molecule is C/C(=C\C=C(/C)[C@@H](O)[C@@H](C)C#C[Si](C)(C)C)CNC(=O)[C@H](CO[Si](C)(C)C(C)(C)C)NC=O. The van der Waals surface area contributed by atoms with Gasteiger partial charge in [0, 0.05) is 12.5 Å². The van der Waals surface area contributed by atoms with E-state index >= 15 is 0 Å². The smallest absolute Gasteiger partial charge is 0.245 e. The number of allylic oxidation sites excluding steroid dienone is 2. The molecule has 8 heteroatoms. The fourth-order valence-electron chi connectivity index (χ4n) is 2.37. The van der Waals surface area contributed by atoms with Gasteiger partial charge in [-0.1, -0.05) is 58.1 Å². The Morgan fingerprint density at radius 3 is 2.18 bits per heavy atom. The van der Waals surface area contributed by atoms with Gasteiger partial charge in [0.1, 0.15) is 14.1 Å². The van der Waals surface area contributed by atoms with Gasteiger partial charge in [-0.25, -0.2) is 0 Å². The average Bonchev–Trinajstić information content (AvgIpc) is 2.69. The van der Waals surface area contributed by atoms with Crippen LogP contribution in [0.1, 0.15) is 41.5 Å². The Kier molecular flexibility index (Phi) is 12.6. The van der Waals surface area contributed by atoms with Crippen LogP contribution in [0.5, 0.6) is 0 Å². The first kappa shape index (κ1) is 31.3. The third-order valence-electron chi connectivity index (χ3n) is 5.79. The van der Waals surface area contributed by atoms with E-state index in [1.807, 2.05) is 32.9 Å². The van der Waals surface area contributed by atoms with Crippen LogP contribution in [0.4, 0.5) is 0 Å². The lowest BCUT2D eigenvalue weighted by Crippen LogP contribution is -2.50. The van der Waals surface area contributed by atoms with E-state index in [0.29, 0.717) is 13.0 Å². The van der Waals surface area contributed by atoms with Crippen LogP contribution in [-0.4, -0.2) is 59.1 Å². The molecule has 0 heterocycles. The normalized spacial score (nSPS) is 16.2. The van der Waals surface area contributed by atoms with Gasteiger partial charge in [-0.3, -0.25) is 9.59 Å². The number of carbonyl (C=O) groups excluding carboxylic acids is 2. The summed E-state index contributed by atoms with van der Waals surface area (Å²) in [6, 6.07) is -0.741. The van der Waals surface area contributed by atoms with Gasteiger partial charge in [-0.05, 0) is 44.5 Å². The molecule has 0 fully saturated rings. The molecule has 0 aliphatic heterocycles. The lowest BCUT2D eigenvalue weighted by atomic mass is 9.98. The first-order chi connectivity index (χ1) is 14.9. The molecule has 33 heavy (non-hydrogen) atoms. The van der Waals surface area contributed by atoms with Crippen LogP contribution < -0.4 is 10.6 Å². The third kappa shape index (κ3) is 12.4. The Labute approximate surface area is 203 Å². The minimum absolute atomic E-state index is 0.0149. The molecule has 0 saturated carbocycles. The maximum Gasteiger partial charge on any atom is 0.245 e. The summed E-state index contributed by atoms with van der Waals surface area (Å²) in [4.78, 5) is 23.6. The van der Waals surface area contributed by atoms with Gasteiger partial charge in [0.15, 0.2) is 8.32 Å². The molecule has 0 bridgehead atoms. The highest BCUT2D eigenvalue weighted by Gasteiger charge is 2.38. The van der Waals surface area contributed by atoms with Crippen LogP contribution >= 0.6 is 0 Å². The molecular weight excluding hydrogens is 448 g/mol. The number of amides is 2. The van der Waals surface area contributed by atoms with Gasteiger partial charge >= 0.3 is 0 Å². The topological polar surface area (TPSA) is 87.7 Å². The summed E-state index contributed by atoms with van der Waals surface area (Å²) in [5.74, 6) is 2.76. The van der Waals surface area contributed by atoms with E-state index in [9.17, 15) is 14.7 Å². The maximum atomic E-state index is 12.6. The van der Waals surface area contributed by atoms with Gasteiger partial charge in [0.25, 0.3) is 0 Å². The van der Waals surface area contributed by atoms with Crippen molar-refractivity contribution in [2.75, 3.05) is 13.2 Å². The highest BCUT2D eigenvalue weighted by atomic mass is 28.4. The zero-order chi connectivity index (χ0) is 26.0. The molecule has 3 N–H and O–H groups in total. The summed E-state index contributed by atoms with van der Waals surface area (Å²) in [7, 11) is -3.51. The molecule has 0 spiro atoms. The quantitative estimate of drug-likeness (QED) is 0.175. The van der Waals surface area contributed by atoms with Crippen LogP contribution in [0.15, 0.2) is 23.3 Å². The van der Waals surface area contributed by atoms with Crippen molar-refractivity contribution < 1.29 is 19.1 Å². The molecule has 0 rings (SSSR count). The van der Waals surface area contributed by atoms with Gasteiger partial charge in [0.05, 0.1) is 12.7 Å². The molecule has 0 radical (unpaired) electrons. The van der Waals surface area contributed by atoms with E-state index in [0.717, 1.165) is 11.1 Å². The number of nitrogens with one attached hydrogen (secondary N) is 2. The summed E-state index contributed by atoms with van der Waals surface area (Å²) in [6.07, 6.45) is 3.63. The molecule has 0 aliphatic rings. The second-order valence-electron chi connectivity index (χ2n) is 11.3. The molecule has 188 valence electrons. The van der Waals surface area contributed by atoms with Crippen molar-refractivity contribution in [2.45, 2.75) is 91.5 Å². The van der Waals surface area contributed by atoms with Crippen LogP contribution in [0, 0.1) is 17.4 Å². The van der Waals surface area contributed by atoms with E-state index in [1.54, 1.807) is 0 Å². The number of aliphatic hydroxyl groups is 1. The second kappa shape index (κ2) is 13.3. The largest absolute Gasteiger partial charge is 0.414 e. The predicted octanol–water partition coefficient (Wildman–Crippen LogP) is 4.01. The average molecular weight is 495 g/mol. The zero-order valence-corrected chi connectivity index (χ0v) is 24.6. The zero-order valence-electron chi connectivity index (χ0n) is 22.6. The van der Waals surface area contributed by atoms with E-state index in [2.05, 4.69) is 75.6 Å². The molecule has 0 aromatic carbocycles. The monoisotopic (exact) mass is 494 g/mol. The van der Waals surface area contributed by atoms with E-state index < -0.39 is 28.5 Å². The Hall–Kier alpha value is -1.67. The number of hydrogen-bond donors (Lipinski definition) is 3. The Bertz CT molecular complexity index is 781. The minimum atomic E-state index is -2.04. The van der Waals surface area contributed by atoms with Crippen molar-refractivity contribution in [3.63, 3.8) is 0 Å². The molecule has 2 amide bonds. The van der Waals surface area contributed by atoms with Gasteiger partial charge in [-0.15, -0.1) is 11.5 Å². The number of aliphatic hydroxyl groups excluding tert-OH is 1. The fourth-order valence-corrected chi connectivity index (χ4v) is 4.05. The second-order valence-corrected chi connectivity index (χ2v) is 20.9. The lowest BCUT2D eigenvalue weighted by Gasteiger charge is -2.37. The van der Waals surface area contributed by atoms with Crippen molar-refractivity contribution in [2.24, 2.45) is 5.92 Å². The minimum Gasteiger partial charge on any atom is -0.414 e. The van der Waals surface area contributed by atoms with Crippen molar-refractivity contribution in [3.05, 3.63) is 23.3 Å². The highest BCUT2D eigenvalue weighted by molar-refractivity contribution is 6.83. The molecular formula is C25H46N2O4Si2. The number of rotatable bonds is 11. The van der Waals surface area contributed by atoms with Gasteiger partial charge in [-0.2, -0.15) is 0 Å². The predicted molar refractivity (Wildman–Crippen MR) is 143 cm³/mol. The molecule has 0 aromatic rings. The number of carbonyl (C=O) groups is 2. The van der Waals surface area contributed by atoms with E-state index in [4.69, 9.17) is 4.43 Å². The van der Waals surface area contributed by atoms with Crippen LogP contribution in [0.3, 0.4) is 0 Å². The van der Waals surface area contributed by atoms with Crippen LogP contribution in [0.2, 0.25) is 37.8 Å². The molecule has 0 aromatic heterocycles. The van der Waals surface area contributed by atoms with Crippen molar-refractivity contribution >= 4 is 28.7 Å². The number of hydrogen-bond acceptors (Lipinski definition) is 4. The van der Waals surface area contributed by atoms with Gasteiger partial charge in [0.2, 0.25) is 12.3 Å². The standard InChI is InChI=1S/C25H46N2O4Si2/c1-19(12-13-20(2)23(29)21(3)14-15-32(7,8)9)16-26-24(30)22(27-18-28)17-31-33(10,11)25(4,5)6/h12-13,18,21-23,29H,16-17H2,1-11H3,(H,26,30)(H,27,28)/b19-12+,20-13+/t21-,22-,23+/m0/s1. The summed E-state index contributed by atoms with van der Waals surface area (Å²) < 4.78 is 6.10. The van der Waals surface area contributed by atoms with E-state index in [1.165, 1.54) is 0 Å².